The van der Waals surface area contributed by atoms with Crippen molar-refractivity contribution in [1.82, 2.24) is 20.5 Å². The molecule has 188 valence electrons. The third-order valence-corrected chi connectivity index (χ3v) is 5.98. The average Bonchev–Trinajstić information content (AvgIpc) is 2.83. The number of hydrogen-bond acceptors (Lipinski definition) is 7. The molecular weight excluding hydrogens is 495 g/mol. The monoisotopic (exact) mass is 522 g/mol. The zero-order valence-electron chi connectivity index (χ0n) is 19.6. The van der Waals surface area contributed by atoms with Crippen LogP contribution >= 0.6 is 23.2 Å². The van der Waals surface area contributed by atoms with E-state index < -0.39 is 6.10 Å². The van der Waals surface area contributed by atoms with Gasteiger partial charge in [-0.25, -0.2) is 4.98 Å². The van der Waals surface area contributed by atoms with Gasteiger partial charge in [0.2, 0.25) is 5.88 Å². The lowest BCUT2D eigenvalue weighted by molar-refractivity contribution is -0.141. The zero-order chi connectivity index (χ0) is 25.4. The number of nitrogens with zero attached hydrogens (tertiary/aromatic N) is 2. The molecule has 2 N–H and O–H groups in total. The molecule has 2 amide bonds. The number of amides is 2. The molecule has 1 fully saturated rings. The molecule has 1 saturated heterocycles. The molecule has 1 aromatic heterocycles. The van der Waals surface area contributed by atoms with Crippen LogP contribution in [0.5, 0.6) is 5.88 Å². The number of nitrogens with one attached hydrogen (secondary N) is 2. The van der Waals surface area contributed by atoms with Crippen molar-refractivity contribution in [3.8, 4) is 5.88 Å². The van der Waals surface area contributed by atoms with Crippen LogP contribution in [0.1, 0.15) is 35.7 Å². The number of aromatic nitrogens is 1. The summed E-state index contributed by atoms with van der Waals surface area (Å²) in [4.78, 5) is 42.6. The Hall–Kier alpha value is -2.88. The van der Waals surface area contributed by atoms with Crippen LogP contribution in [0.4, 0.5) is 0 Å². The highest BCUT2D eigenvalue weighted by Gasteiger charge is 2.28. The van der Waals surface area contributed by atoms with E-state index in [1.165, 1.54) is 19.4 Å². The third kappa shape index (κ3) is 7.81. The fourth-order valence-corrected chi connectivity index (χ4v) is 3.96. The number of halogens is 2. The van der Waals surface area contributed by atoms with Crippen LogP contribution in [0, 0.1) is 0 Å². The standard InChI is InChI=1S/C24H28Cl2N4O5/c1-3-20(35-24-19(26)10-17(25)12-28-24)23(33)27-11-15-5-4-6-16(9-15)22(32)29-18-13-30(14-18)8-7-21(31)34-2/h4-6,9-10,12,18,20H,3,7-8,11,13-14H2,1-2H3,(H,27,33)(H,29,32). The van der Waals surface area contributed by atoms with Gasteiger partial charge in [-0.05, 0) is 30.2 Å². The first-order valence-corrected chi connectivity index (χ1v) is 12.0. The molecule has 0 bridgehead atoms. The molecule has 2 aromatic rings. The molecule has 0 spiro atoms. The quantitative estimate of drug-likeness (QED) is 0.436. The van der Waals surface area contributed by atoms with E-state index in [2.05, 4.69) is 25.3 Å². The van der Waals surface area contributed by atoms with E-state index in [0.717, 1.165) is 5.56 Å². The summed E-state index contributed by atoms with van der Waals surface area (Å²) < 4.78 is 10.3. The van der Waals surface area contributed by atoms with Crippen molar-refractivity contribution >= 4 is 41.0 Å². The lowest BCUT2D eigenvalue weighted by atomic mass is 10.1. The minimum atomic E-state index is -0.784. The number of likely N-dealkylation sites (tertiary alicyclic amines) is 1. The first-order chi connectivity index (χ1) is 16.8. The number of methoxy groups -OCH3 is 1. The maximum absolute atomic E-state index is 12.6. The summed E-state index contributed by atoms with van der Waals surface area (Å²) in [5, 5.41) is 6.41. The summed E-state index contributed by atoms with van der Waals surface area (Å²) >= 11 is 11.9. The summed E-state index contributed by atoms with van der Waals surface area (Å²) in [5.74, 6) is -0.619. The fraction of sp³-hybridized carbons (Fsp3) is 0.417. The molecular formula is C24H28Cl2N4O5. The Morgan fingerprint density at radius 3 is 2.69 bits per heavy atom. The lowest BCUT2D eigenvalue weighted by Gasteiger charge is -2.39. The predicted octanol–water partition coefficient (Wildman–Crippen LogP) is 2.84. The van der Waals surface area contributed by atoms with Gasteiger partial charge in [0.15, 0.2) is 6.10 Å². The van der Waals surface area contributed by atoms with Crippen LogP contribution in [-0.4, -0.2) is 66.6 Å². The lowest BCUT2D eigenvalue weighted by Crippen LogP contribution is -2.59. The van der Waals surface area contributed by atoms with E-state index in [1.807, 2.05) is 13.0 Å². The van der Waals surface area contributed by atoms with E-state index in [-0.39, 0.29) is 41.3 Å². The highest BCUT2D eigenvalue weighted by molar-refractivity contribution is 6.35. The molecule has 3 rings (SSSR count). The van der Waals surface area contributed by atoms with Gasteiger partial charge in [-0.15, -0.1) is 0 Å². The van der Waals surface area contributed by atoms with Gasteiger partial charge in [-0.3, -0.25) is 19.3 Å². The fourth-order valence-electron chi connectivity index (χ4n) is 3.54. The van der Waals surface area contributed by atoms with Crippen LogP contribution < -0.4 is 15.4 Å². The average molecular weight is 523 g/mol. The summed E-state index contributed by atoms with van der Waals surface area (Å²) in [5.41, 5.74) is 1.28. The summed E-state index contributed by atoms with van der Waals surface area (Å²) in [6.07, 6.45) is 1.35. The van der Waals surface area contributed by atoms with Crippen LogP contribution in [0.15, 0.2) is 36.5 Å². The van der Waals surface area contributed by atoms with Crippen LogP contribution in [0.25, 0.3) is 0 Å². The first-order valence-electron chi connectivity index (χ1n) is 11.2. The number of pyridine rings is 1. The van der Waals surface area contributed by atoms with E-state index in [9.17, 15) is 14.4 Å². The second-order valence-corrected chi connectivity index (χ2v) is 8.97. The van der Waals surface area contributed by atoms with Gasteiger partial charge in [0, 0.05) is 37.9 Å². The van der Waals surface area contributed by atoms with Crippen molar-refractivity contribution in [1.29, 1.82) is 0 Å². The highest BCUT2D eigenvalue weighted by Crippen LogP contribution is 2.25. The SMILES string of the molecule is CCC(Oc1ncc(Cl)cc1Cl)C(=O)NCc1cccc(C(=O)NC2CN(CCC(=O)OC)C2)c1. The molecule has 1 atom stereocenters. The molecule has 1 aliphatic heterocycles. The summed E-state index contributed by atoms with van der Waals surface area (Å²) in [7, 11) is 1.37. The molecule has 9 nitrogen and oxygen atoms in total. The number of carbonyl (C=O) groups is 3. The highest BCUT2D eigenvalue weighted by atomic mass is 35.5. The number of esters is 1. The Bertz CT molecular complexity index is 1060. The van der Waals surface area contributed by atoms with Crippen molar-refractivity contribution in [3.63, 3.8) is 0 Å². The van der Waals surface area contributed by atoms with E-state index in [0.29, 0.717) is 43.1 Å². The number of ether oxygens (including phenoxy) is 2. The van der Waals surface area contributed by atoms with Crippen LogP contribution in [0.2, 0.25) is 10.0 Å². The second kappa shape index (κ2) is 12.7. The van der Waals surface area contributed by atoms with Crippen molar-refractivity contribution in [3.05, 3.63) is 57.7 Å². The minimum absolute atomic E-state index is 0.0271. The van der Waals surface area contributed by atoms with Gasteiger partial charge < -0.3 is 20.1 Å². The Morgan fingerprint density at radius 2 is 2.00 bits per heavy atom. The van der Waals surface area contributed by atoms with Crippen molar-refractivity contribution in [2.75, 3.05) is 26.7 Å². The normalized spacial score (nSPS) is 14.5. The van der Waals surface area contributed by atoms with Crippen LogP contribution in [0.3, 0.4) is 0 Å². The maximum Gasteiger partial charge on any atom is 0.306 e. The molecule has 1 aliphatic rings. The molecule has 0 radical (unpaired) electrons. The Kier molecular flexibility index (Phi) is 9.71. The van der Waals surface area contributed by atoms with Gasteiger partial charge in [0.1, 0.15) is 5.02 Å². The van der Waals surface area contributed by atoms with Gasteiger partial charge in [-0.2, -0.15) is 0 Å². The number of rotatable bonds is 11. The molecule has 0 aliphatic carbocycles. The smallest absolute Gasteiger partial charge is 0.306 e. The Morgan fingerprint density at radius 1 is 1.23 bits per heavy atom. The van der Waals surface area contributed by atoms with Crippen LogP contribution in [-0.2, 0) is 20.9 Å². The number of benzene rings is 1. The third-order valence-electron chi connectivity index (χ3n) is 5.50. The van der Waals surface area contributed by atoms with Crippen molar-refractivity contribution in [2.24, 2.45) is 0 Å². The minimum Gasteiger partial charge on any atom is -0.469 e. The number of carbonyl (C=O) groups excluding carboxylic acids is 3. The maximum atomic E-state index is 12.6. The largest absolute Gasteiger partial charge is 0.469 e. The van der Waals surface area contributed by atoms with E-state index >= 15 is 0 Å². The molecule has 0 saturated carbocycles. The number of hydrogen-bond donors (Lipinski definition) is 2. The molecule has 1 aromatic carbocycles. The predicted molar refractivity (Wildman–Crippen MR) is 132 cm³/mol. The molecule has 35 heavy (non-hydrogen) atoms. The van der Waals surface area contributed by atoms with E-state index in [4.69, 9.17) is 27.9 Å². The Balaban J connectivity index is 1.47. The first kappa shape index (κ1) is 26.7. The summed E-state index contributed by atoms with van der Waals surface area (Å²) in [6.45, 7) is 4.02. The van der Waals surface area contributed by atoms with Crippen molar-refractivity contribution in [2.45, 2.75) is 38.5 Å². The van der Waals surface area contributed by atoms with Gasteiger partial charge in [0.05, 0.1) is 24.6 Å². The summed E-state index contributed by atoms with van der Waals surface area (Å²) in [6, 6.07) is 8.58. The molecule has 11 heteroatoms. The van der Waals surface area contributed by atoms with E-state index in [1.54, 1.807) is 18.2 Å². The molecule has 1 unspecified atom stereocenters. The molecule has 2 heterocycles. The van der Waals surface area contributed by atoms with Gasteiger partial charge in [-0.1, -0.05) is 42.3 Å². The topological polar surface area (TPSA) is 110 Å². The van der Waals surface area contributed by atoms with Crippen molar-refractivity contribution < 1.29 is 23.9 Å². The van der Waals surface area contributed by atoms with Gasteiger partial charge in [0.25, 0.3) is 11.8 Å². The Labute approximate surface area is 214 Å². The second-order valence-electron chi connectivity index (χ2n) is 8.13. The van der Waals surface area contributed by atoms with Gasteiger partial charge >= 0.3 is 5.97 Å². The zero-order valence-corrected chi connectivity index (χ0v) is 21.1.